The number of hydrogen-bond donors (Lipinski definition) is 2. The van der Waals surface area contributed by atoms with E-state index in [1.165, 1.54) is 6.07 Å². The van der Waals surface area contributed by atoms with Gasteiger partial charge in [-0.25, -0.2) is 8.42 Å². The Kier molecular flexibility index (Phi) is 5.99. The Hall–Kier alpha value is -1.74. The highest BCUT2D eigenvalue weighted by atomic mass is 32.2. The van der Waals surface area contributed by atoms with Crippen LogP contribution in [0.25, 0.3) is 0 Å². The number of piperidine rings is 1. The van der Waals surface area contributed by atoms with Gasteiger partial charge >= 0.3 is 6.61 Å². The van der Waals surface area contributed by atoms with Crippen LogP contribution in [-0.4, -0.2) is 45.0 Å². The highest BCUT2D eigenvalue weighted by molar-refractivity contribution is 7.92. The Balaban J connectivity index is 2.25. The largest absolute Gasteiger partial charge is 0.434 e. The smallest absolute Gasteiger partial charge is 0.387 e. The van der Waals surface area contributed by atoms with Crippen molar-refractivity contribution in [1.82, 2.24) is 10.6 Å². The quantitative estimate of drug-likeness (QED) is 0.788. The van der Waals surface area contributed by atoms with Crippen LogP contribution in [0, 0.1) is 0 Å². The topological polar surface area (TPSA) is 84.5 Å². The molecule has 1 aliphatic heterocycles. The van der Waals surface area contributed by atoms with Crippen LogP contribution < -0.4 is 15.4 Å². The van der Waals surface area contributed by atoms with Crippen LogP contribution >= 0.6 is 0 Å². The molecule has 1 aliphatic rings. The minimum atomic E-state index is -3.65. The first-order valence-corrected chi connectivity index (χ1v) is 9.81. The van der Waals surface area contributed by atoms with Gasteiger partial charge < -0.3 is 15.4 Å². The molecular weight excluding hydrogens is 354 g/mol. The zero-order chi connectivity index (χ0) is 18.7. The first-order valence-electron chi connectivity index (χ1n) is 7.92. The fourth-order valence-corrected chi connectivity index (χ4v) is 4.39. The third-order valence-corrected chi connectivity index (χ3v) is 6.50. The van der Waals surface area contributed by atoms with E-state index in [0.717, 1.165) is 6.26 Å². The summed E-state index contributed by atoms with van der Waals surface area (Å²) in [7, 11) is -3.65. The van der Waals surface area contributed by atoms with Gasteiger partial charge in [0.25, 0.3) is 0 Å². The molecule has 2 rings (SSSR count). The molecule has 1 fully saturated rings. The maximum absolute atomic E-state index is 12.8. The average molecular weight is 376 g/mol. The molecule has 0 saturated carbocycles. The van der Waals surface area contributed by atoms with Crippen LogP contribution in [0.5, 0.6) is 5.75 Å². The Morgan fingerprint density at radius 2 is 1.88 bits per heavy atom. The minimum Gasteiger partial charge on any atom is -0.434 e. The number of hydrogen-bond acceptors (Lipinski definition) is 5. The molecule has 1 saturated heterocycles. The van der Waals surface area contributed by atoms with Gasteiger partial charge in [0.15, 0.2) is 14.6 Å². The van der Waals surface area contributed by atoms with Gasteiger partial charge in [-0.1, -0.05) is 18.2 Å². The molecule has 1 aromatic carbocycles. The molecular formula is C16H22F2N2O4S. The van der Waals surface area contributed by atoms with Gasteiger partial charge in [-0.05, 0) is 38.9 Å². The third-order valence-electron chi connectivity index (χ3n) is 4.48. The van der Waals surface area contributed by atoms with Crippen molar-refractivity contribution in [3.05, 3.63) is 29.8 Å². The molecule has 1 heterocycles. The van der Waals surface area contributed by atoms with Crippen LogP contribution in [0.2, 0.25) is 0 Å². The fourth-order valence-electron chi connectivity index (χ4n) is 3.04. The number of carbonyl (C=O) groups is 1. The van der Waals surface area contributed by atoms with Crippen molar-refractivity contribution in [3.8, 4) is 5.75 Å². The number of para-hydroxylation sites is 1. The van der Waals surface area contributed by atoms with Gasteiger partial charge in [-0.3, -0.25) is 4.79 Å². The van der Waals surface area contributed by atoms with Crippen LogP contribution in [0.4, 0.5) is 8.78 Å². The molecule has 1 amide bonds. The van der Waals surface area contributed by atoms with Crippen molar-refractivity contribution in [2.75, 3.05) is 19.3 Å². The maximum atomic E-state index is 12.8. The number of alkyl halides is 2. The molecule has 25 heavy (non-hydrogen) atoms. The van der Waals surface area contributed by atoms with Crippen LogP contribution in [-0.2, 0) is 14.6 Å². The fraction of sp³-hybridized carbons (Fsp3) is 0.562. The second-order valence-corrected chi connectivity index (χ2v) is 8.45. The first kappa shape index (κ1) is 19.6. The standard InChI is InChI=1S/C16H22F2N2O4S/c1-11(12-5-3-4-6-13(12)24-15(17)18)20-14(21)16(25(2,22)23)7-9-19-10-8-16/h3-6,11,15,19H,7-10H2,1-2H3,(H,20,21). The van der Waals surface area contributed by atoms with Crippen molar-refractivity contribution < 1.29 is 26.7 Å². The molecule has 2 N–H and O–H groups in total. The zero-order valence-corrected chi connectivity index (χ0v) is 14.9. The predicted molar refractivity (Wildman–Crippen MR) is 89.3 cm³/mol. The van der Waals surface area contributed by atoms with Crippen molar-refractivity contribution in [2.45, 2.75) is 37.2 Å². The molecule has 1 aromatic rings. The predicted octanol–water partition coefficient (Wildman–Crippen LogP) is 1.63. The van der Waals surface area contributed by atoms with Crippen molar-refractivity contribution >= 4 is 15.7 Å². The number of benzene rings is 1. The Labute approximate surface area is 145 Å². The highest BCUT2D eigenvalue weighted by Gasteiger charge is 2.48. The van der Waals surface area contributed by atoms with Gasteiger partial charge in [0.1, 0.15) is 5.75 Å². The molecule has 0 aromatic heterocycles. The number of halogens is 2. The summed E-state index contributed by atoms with van der Waals surface area (Å²) in [5.74, 6) is -0.667. The van der Waals surface area contributed by atoms with E-state index in [2.05, 4.69) is 15.4 Å². The summed E-state index contributed by atoms with van der Waals surface area (Å²) >= 11 is 0. The van der Waals surface area contributed by atoms with E-state index in [9.17, 15) is 22.0 Å². The second kappa shape index (κ2) is 7.65. The van der Waals surface area contributed by atoms with E-state index in [4.69, 9.17) is 0 Å². The SMILES string of the molecule is CC(NC(=O)C1(S(C)(=O)=O)CCNCC1)c1ccccc1OC(F)F. The van der Waals surface area contributed by atoms with E-state index >= 15 is 0 Å². The number of rotatable bonds is 6. The van der Waals surface area contributed by atoms with E-state index < -0.39 is 33.1 Å². The lowest BCUT2D eigenvalue weighted by molar-refractivity contribution is -0.125. The summed E-state index contributed by atoms with van der Waals surface area (Å²) in [5, 5.41) is 5.69. The maximum Gasteiger partial charge on any atom is 0.387 e. The lowest BCUT2D eigenvalue weighted by atomic mass is 9.95. The zero-order valence-electron chi connectivity index (χ0n) is 14.1. The van der Waals surface area contributed by atoms with E-state index in [1.54, 1.807) is 25.1 Å². The summed E-state index contributed by atoms with van der Waals surface area (Å²) < 4.78 is 52.6. The van der Waals surface area contributed by atoms with Crippen molar-refractivity contribution in [1.29, 1.82) is 0 Å². The second-order valence-electron chi connectivity index (χ2n) is 6.13. The third kappa shape index (κ3) is 4.27. The molecule has 9 heteroatoms. The lowest BCUT2D eigenvalue weighted by Crippen LogP contribution is -2.57. The van der Waals surface area contributed by atoms with E-state index in [0.29, 0.717) is 18.7 Å². The molecule has 1 atom stereocenters. The van der Waals surface area contributed by atoms with Crippen molar-refractivity contribution in [3.63, 3.8) is 0 Å². The van der Waals surface area contributed by atoms with Gasteiger partial charge in [-0.2, -0.15) is 8.78 Å². The molecule has 0 radical (unpaired) electrons. The molecule has 0 aliphatic carbocycles. The number of nitrogens with one attached hydrogen (secondary N) is 2. The monoisotopic (exact) mass is 376 g/mol. The van der Waals surface area contributed by atoms with Crippen molar-refractivity contribution in [2.24, 2.45) is 0 Å². The number of sulfone groups is 1. The Morgan fingerprint density at radius 3 is 2.44 bits per heavy atom. The van der Waals surface area contributed by atoms with Gasteiger partial charge in [-0.15, -0.1) is 0 Å². The minimum absolute atomic E-state index is 0.0518. The van der Waals surface area contributed by atoms with Gasteiger partial charge in [0.05, 0.1) is 6.04 Å². The highest BCUT2D eigenvalue weighted by Crippen LogP contribution is 2.31. The number of carbonyl (C=O) groups excluding carboxylic acids is 1. The number of ether oxygens (including phenoxy) is 1. The summed E-state index contributed by atoms with van der Waals surface area (Å²) in [6.45, 7) is -0.557. The molecule has 1 unspecified atom stereocenters. The lowest BCUT2D eigenvalue weighted by Gasteiger charge is -2.35. The van der Waals surface area contributed by atoms with Crippen LogP contribution in [0.3, 0.4) is 0 Å². The molecule has 140 valence electrons. The summed E-state index contributed by atoms with van der Waals surface area (Å²) in [6.07, 6.45) is 1.38. The number of amides is 1. The van der Waals surface area contributed by atoms with Crippen LogP contribution in [0.15, 0.2) is 24.3 Å². The van der Waals surface area contributed by atoms with Gasteiger partial charge in [0.2, 0.25) is 5.91 Å². The summed E-state index contributed by atoms with van der Waals surface area (Å²) in [5.41, 5.74) is 0.355. The normalized spacial score (nSPS) is 18.6. The van der Waals surface area contributed by atoms with Gasteiger partial charge in [0, 0.05) is 11.8 Å². The Morgan fingerprint density at radius 1 is 1.28 bits per heavy atom. The molecule has 6 nitrogen and oxygen atoms in total. The Bertz CT molecular complexity index is 719. The van der Waals surface area contributed by atoms with E-state index in [1.807, 2.05) is 0 Å². The first-order chi connectivity index (χ1) is 11.7. The van der Waals surface area contributed by atoms with Crippen LogP contribution in [0.1, 0.15) is 31.4 Å². The summed E-state index contributed by atoms with van der Waals surface area (Å²) in [4.78, 5) is 12.8. The summed E-state index contributed by atoms with van der Waals surface area (Å²) in [6, 6.07) is 5.42. The molecule has 0 spiro atoms. The van der Waals surface area contributed by atoms with E-state index in [-0.39, 0.29) is 18.6 Å². The molecule has 0 bridgehead atoms. The average Bonchev–Trinajstić information content (AvgIpc) is 2.54.